The molecule has 2 atom stereocenters. The number of hydrogen-bond donors (Lipinski definition) is 1. The van der Waals surface area contributed by atoms with Crippen LogP contribution in [0.5, 0.6) is 5.75 Å². The Labute approximate surface area is 138 Å². The fraction of sp³-hybridized carbons (Fsp3) is 0.588. The Morgan fingerprint density at radius 3 is 3.00 bits per heavy atom. The van der Waals surface area contributed by atoms with Crippen LogP contribution < -0.4 is 10.1 Å². The Kier molecular flexibility index (Phi) is 6.09. The number of amides is 1. The van der Waals surface area contributed by atoms with E-state index in [2.05, 4.69) is 5.32 Å². The second-order valence-electron chi connectivity index (χ2n) is 6.22. The quantitative estimate of drug-likeness (QED) is 0.923. The van der Waals surface area contributed by atoms with Crippen LogP contribution in [0.1, 0.15) is 18.4 Å². The van der Waals surface area contributed by atoms with Gasteiger partial charge in [0.2, 0.25) is 5.91 Å². The maximum atomic E-state index is 12.3. The van der Waals surface area contributed by atoms with Gasteiger partial charge < -0.3 is 15.0 Å². The summed E-state index contributed by atoms with van der Waals surface area (Å²) in [6.07, 6.45) is 1.61. The molecular formula is C17H25ClN2O2. The third kappa shape index (κ3) is 4.14. The number of aryl methyl sites for hydroxylation is 1. The summed E-state index contributed by atoms with van der Waals surface area (Å²) in [5, 5.41) is 3.43. The zero-order valence-corrected chi connectivity index (χ0v) is 13.9. The van der Waals surface area contributed by atoms with Crippen LogP contribution in [0, 0.1) is 18.8 Å². The molecule has 0 spiro atoms. The lowest BCUT2D eigenvalue weighted by molar-refractivity contribution is -0.133. The zero-order chi connectivity index (χ0) is 14.7. The van der Waals surface area contributed by atoms with Crippen molar-refractivity contribution < 1.29 is 9.53 Å². The van der Waals surface area contributed by atoms with Crippen LogP contribution in [0.3, 0.4) is 0 Å². The molecule has 0 aromatic heterocycles. The minimum atomic E-state index is 0. The van der Waals surface area contributed by atoms with Crippen molar-refractivity contribution in [2.45, 2.75) is 19.8 Å². The first-order valence-corrected chi connectivity index (χ1v) is 7.90. The molecule has 2 saturated heterocycles. The number of ether oxygens (including phenoxy) is 1. The van der Waals surface area contributed by atoms with Crippen LogP contribution in [-0.2, 0) is 4.79 Å². The van der Waals surface area contributed by atoms with Gasteiger partial charge in [-0.05, 0) is 56.0 Å². The molecule has 4 nitrogen and oxygen atoms in total. The van der Waals surface area contributed by atoms with Crippen LogP contribution in [0.2, 0.25) is 0 Å². The molecule has 1 N–H and O–H groups in total. The van der Waals surface area contributed by atoms with E-state index in [1.807, 2.05) is 36.1 Å². The van der Waals surface area contributed by atoms with Gasteiger partial charge in [0.05, 0.1) is 13.0 Å². The van der Waals surface area contributed by atoms with Crippen LogP contribution in [0.4, 0.5) is 0 Å². The van der Waals surface area contributed by atoms with Gasteiger partial charge in [0.25, 0.3) is 0 Å². The van der Waals surface area contributed by atoms with E-state index in [4.69, 9.17) is 4.74 Å². The highest BCUT2D eigenvalue weighted by Gasteiger charge is 2.34. The molecule has 2 unspecified atom stereocenters. The molecule has 0 aliphatic carbocycles. The first-order chi connectivity index (χ1) is 10.2. The van der Waals surface area contributed by atoms with Crippen molar-refractivity contribution in [1.29, 1.82) is 0 Å². The van der Waals surface area contributed by atoms with Crippen LogP contribution in [0.25, 0.3) is 0 Å². The molecule has 0 radical (unpaired) electrons. The molecule has 2 aliphatic heterocycles. The number of nitrogens with one attached hydrogen (secondary N) is 1. The number of carbonyl (C=O) groups excluding carboxylic acids is 1. The van der Waals surface area contributed by atoms with E-state index in [0.29, 0.717) is 18.9 Å². The van der Waals surface area contributed by atoms with Crippen molar-refractivity contribution >= 4 is 18.3 Å². The first-order valence-electron chi connectivity index (χ1n) is 7.90. The maximum absolute atomic E-state index is 12.3. The summed E-state index contributed by atoms with van der Waals surface area (Å²) >= 11 is 0. The van der Waals surface area contributed by atoms with Crippen LogP contribution >= 0.6 is 12.4 Å². The number of benzene rings is 1. The predicted molar refractivity (Wildman–Crippen MR) is 89.6 cm³/mol. The monoisotopic (exact) mass is 324 g/mol. The molecule has 2 aliphatic rings. The second-order valence-corrected chi connectivity index (χ2v) is 6.22. The Hall–Kier alpha value is -1.26. The maximum Gasteiger partial charge on any atom is 0.226 e. The van der Waals surface area contributed by atoms with Crippen LogP contribution in [0.15, 0.2) is 24.3 Å². The van der Waals surface area contributed by atoms with E-state index in [9.17, 15) is 4.79 Å². The molecule has 122 valence electrons. The smallest absolute Gasteiger partial charge is 0.226 e. The van der Waals surface area contributed by atoms with Crippen molar-refractivity contribution in [2.75, 3.05) is 32.8 Å². The van der Waals surface area contributed by atoms with Crippen molar-refractivity contribution in [2.24, 2.45) is 11.8 Å². The normalized spacial score (nSPS) is 23.6. The number of rotatable bonds is 4. The highest BCUT2D eigenvalue weighted by Crippen LogP contribution is 2.26. The third-order valence-corrected chi connectivity index (χ3v) is 4.63. The van der Waals surface area contributed by atoms with Gasteiger partial charge in [-0.1, -0.05) is 12.1 Å². The van der Waals surface area contributed by atoms with E-state index in [1.165, 1.54) is 5.56 Å². The standard InChI is InChI=1S/C17H24N2O2.ClH/c1-13-3-2-4-16(9-13)21-8-6-17(20)19-7-5-14-10-18-11-15(14)12-19;/h2-4,9,14-15,18H,5-8,10-12H2,1H3;1H. The molecule has 1 aromatic carbocycles. The lowest BCUT2D eigenvalue weighted by Gasteiger charge is -2.34. The number of piperidine rings is 1. The number of carbonyl (C=O) groups is 1. The number of hydrogen-bond acceptors (Lipinski definition) is 3. The third-order valence-electron chi connectivity index (χ3n) is 4.63. The average molecular weight is 325 g/mol. The number of halogens is 1. The summed E-state index contributed by atoms with van der Waals surface area (Å²) in [7, 11) is 0. The van der Waals surface area contributed by atoms with E-state index in [1.54, 1.807) is 0 Å². The Balaban J connectivity index is 0.00000176. The molecule has 5 heteroatoms. The number of fused-ring (bicyclic) bond motifs is 1. The van der Waals surface area contributed by atoms with Gasteiger partial charge >= 0.3 is 0 Å². The zero-order valence-electron chi connectivity index (χ0n) is 13.1. The summed E-state index contributed by atoms with van der Waals surface area (Å²) < 4.78 is 5.68. The Morgan fingerprint density at radius 2 is 2.18 bits per heavy atom. The Bertz CT molecular complexity index is 509. The first kappa shape index (κ1) is 17.1. The molecule has 2 fully saturated rings. The molecule has 1 amide bonds. The summed E-state index contributed by atoms with van der Waals surface area (Å²) in [6, 6.07) is 7.95. The number of likely N-dealkylation sites (tertiary alicyclic amines) is 1. The second kappa shape index (κ2) is 7.84. The lowest BCUT2D eigenvalue weighted by Crippen LogP contribution is -2.43. The largest absolute Gasteiger partial charge is 0.493 e. The Morgan fingerprint density at radius 1 is 1.36 bits per heavy atom. The van der Waals surface area contributed by atoms with Crippen molar-refractivity contribution in [3.05, 3.63) is 29.8 Å². The van der Waals surface area contributed by atoms with E-state index < -0.39 is 0 Å². The fourth-order valence-electron chi connectivity index (χ4n) is 3.38. The summed E-state index contributed by atoms with van der Waals surface area (Å²) in [6.45, 7) is 6.52. The SMILES string of the molecule is Cc1cccc(OCCC(=O)N2CCC3CNCC3C2)c1.Cl. The van der Waals surface area contributed by atoms with Gasteiger partial charge in [0.1, 0.15) is 5.75 Å². The van der Waals surface area contributed by atoms with Gasteiger partial charge in [0, 0.05) is 13.1 Å². The molecule has 2 heterocycles. The molecule has 3 rings (SSSR count). The predicted octanol–water partition coefficient (Wildman–Crippen LogP) is 2.25. The van der Waals surface area contributed by atoms with Gasteiger partial charge in [-0.15, -0.1) is 12.4 Å². The molecule has 22 heavy (non-hydrogen) atoms. The summed E-state index contributed by atoms with van der Waals surface area (Å²) in [5.41, 5.74) is 1.18. The topological polar surface area (TPSA) is 41.6 Å². The minimum absolute atomic E-state index is 0. The van der Waals surface area contributed by atoms with Gasteiger partial charge in [0.15, 0.2) is 0 Å². The average Bonchev–Trinajstić information content (AvgIpc) is 2.94. The highest BCUT2D eigenvalue weighted by molar-refractivity contribution is 5.85. The highest BCUT2D eigenvalue weighted by atomic mass is 35.5. The van der Waals surface area contributed by atoms with E-state index in [0.717, 1.165) is 44.3 Å². The minimum Gasteiger partial charge on any atom is -0.493 e. The molecular weight excluding hydrogens is 300 g/mol. The summed E-state index contributed by atoms with van der Waals surface area (Å²) in [4.78, 5) is 14.3. The van der Waals surface area contributed by atoms with Gasteiger partial charge in [-0.2, -0.15) is 0 Å². The molecule has 0 bridgehead atoms. The molecule has 1 aromatic rings. The van der Waals surface area contributed by atoms with E-state index in [-0.39, 0.29) is 18.3 Å². The fourth-order valence-corrected chi connectivity index (χ4v) is 3.38. The van der Waals surface area contributed by atoms with Crippen LogP contribution in [-0.4, -0.2) is 43.6 Å². The van der Waals surface area contributed by atoms with Crippen molar-refractivity contribution in [1.82, 2.24) is 10.2 Å². The number of nitrogens with zero attached hydrogens (tertiary/aromatic N) is 1. The lowest BCUT2D eigenvalue weighted by atomic mass is 9.88. The van der Waals surface area contributed by atoms with Gasteiger partial charge in [-0.3, -0.25) is 4.79 Å². The van der Waals surface area contributed by atoms with E-state index >= 15 is 0 Å². The van der Waals surface area contributed by atoms with Gasteiger partial charge in [-0.25, -0.2) is 0 Å². The molecule has 0 saturated carbocycles. The van der Waals surface area contributed by atoms with Crippen molar-refractivity contribution in [3.63, 3.8) is 0 Å². The summed E-state index contributed by atoms with van der Waals surface area (Å²) in [5.74, 6) is 2.51. The van der Waals surface area contributed by atoms with Crippen molar-refractivity contribution in [3.8, 4) is 5.75 Å².